The summed E-state index contributed by atoms with van der Waals surface area (Å²) in [5.41, 5.74) is 0. The SMILES string of the molecule is COCCN(CC(=O)O)C(=O)CC1CCCC1. The Kier molecular flexibility index (Phi) is 5.97. The van der Waals surface area contributed by atoms with Gasteiger partial charge in [-0.05, 0) is 18.8 Å². The summed E-state index contributed by atoms with van der Waals surface area (Å²) in [6.07, 6.45) is 5.05. The van der Waals surface area contributed by atoms with Gasteiger partial charge in [0.1, 0.15) is 6.54 Å². The van der Waals surface area contributed by atoms with E-state index in [9.17, 15) is 9.59 Å². The maximum Gasteiger partial charge on any atom is 0.323 e. The Labute approximate surface area is 102 Å². The lowest BCUT2D eigenvalue weighted by molar-refractivity contribution is -0.145. The van der Waals surface area contributed by atoms with Crippen molar-refractivity contribution in [2.24, 2.45) is 5.92 Å². The molecule has 0 atom stereocenters. The molecule has 0 aromatic carbocycles. The number of carbonyl (C=O) groups excluding carboxylic acids is 1. The number of nitrogens with zero attached hydrogens (tertiary/aromatic N) is 1. The molecule has 5 heteroatoms. The quantitative estimate of drug-likeness (QED) is 0.727. The molecule has 98 valence electrons. The van der Waals surface area contributed by atoms with E-state index in [4.69, 9.17) is 9.84 Å². The van der Waals surface area contributed by atoms with Gasteiger partial charge >= 0.3 is 5.97 Å². The molecule has 1 N–H and O–H groups in total. The first-order valence-electron chi connectivity index (χ1n) is 6.12. The zero-order chi connectivity index (χ0) is 12.7. The molecule has 0 aromatic heterocycles. The lowest BCUT2D eigenvalue weighted by Crippen LogP contribution is -2.38. The molecule has 1 saturated carbocycles. The zero-order valence-corrected chi connectivity index (χ0v) is 10.4. The van der Waals surface area contributed by atoms with Crippen LogP contribution in [0.2, 0.25) is 0 Å². The van der Waals surface area contributed by atoms with Crippen LogP contribution in [-0.2, 0) is 14.3 Å². The topological polar surface area (TPSA) is 66.8 Å². The van der Waals surface area contributed by atoms with Crippen LogP contribution in [0.1, 0.15) is 32.1 Å². The molecule has 1 aliphatic rings. The molecule has 5 nitrogen and oxygen atoms in total. The Morgan fingerprint density at radius 1 is 1.35 bits per heavy atom. The molecule has 1 amide bonds. The van der Waals surface area contributed by atoms with Crippen molar-refractivity contribution in [1.29, 1.82) is 0 Å². The van der Waals surface area contributed by atoms with E-state index >= 15 is 0 Å². The summed E-state index contributed by atoms with van der Waals surface area (Å²) in [6.45, 7) is 0.507. The Morgan fingerprint density at radius 2 is 2.00 bits per heavy atom. The highest BCUT2D eigenvalue weighted by atomic mass is 16.5. The smallest absolute Gasteiger partial charge is 0.323 e. The third kappa shape index (κ3) is 5.17. The number of hydrogen-bond acceptors (Lipinski definition) is 3. The van der Waals surface area contributed by atoms with Crippen molar-refractivity contribution in [3.05, 3.63) is 0 Å². The molecular weight excluding hydrogens is 222 g/mol. The Balaban J connectivity index is 2.42. The molecule has 0 radical (unpaired) electrons. The predicted octanol–water partition coefficient (Wildman–Crippen LogP) is 1.13. The molecule has 1 fully saturated rings. The molecular formula is C12H21NO4. The second-order valence-corrected chi connectivity index (χ2v) is 4.56. The molecule has 0 bridgehead atoms. The average Bonchev–Trinajstić information content (AvgIpc) is 2.76. The Morgan fingerprint density at radius 3 is 2.53 bits per heavy atom. The van der Waals surface area contributed by atoms with Gasteiger partial charge in [-0.15, -0.1) is 0 Å². The number of aliphatic carboxylic acids is 1. The van der Waals surface area contributed by atoms with Crippen molar-refractivity contribution in [1.82, 2.24) is 4.90 Å². The average molecular weight is 243 g/mol. The van der Waals surface area contributed by atoms with E-state index in [2.05, 4.69) is 0 Å². The maximum atomic E-state index is 11.9. The van der Waals surface area contributed by atoms with Crippen LogP contribution in [0.15, 0.2) is 0 Å². The second-order valence-electron chi connectivity index (χ2n) is 4.56. The lowest BCUT2D eigenvalue weighted by Gasteiger charge is -2.21. The normalized spacial score (nSPS) is 16.1. The van der Waals surface area contributed by atoms with Gasteiger partial charge in [0.05, 0.1) is 6.61 Å². The van der Waals surface area contributed by atoms with Gasteiger partial charge in [0.25, 0.3) is 0 Å². The maximum absolute atomic E-state index is 11.9. The fourth-order valence-electron chi connectivity index (χ4n) is 2.25. The van der Waals surface area contributed by atoms with E-state index in [1.165, 1.54) is 17.7 Å². The first kappa shape index (κ1) is 14.0. The highest BCUT2D eigenvalue weighted by Gasteiger charge is 2.23. The minimum Gasteiger partial charge on any atom is -0.480 e. The molecule has 0 unspecified atom stereocenters. The molecule has 1 rings (SSSR count). The minimum atomic E-state index is -0.971. The third-order valence-corrected chi connectivity index (χ3v) is 3.18. The first-order valence-corrected chi connectivity index (χ1v) is 6.12. The fourth-order valence-corrected chi connectivity index (χ4v) is 2.25. The van der Waals surface area contributed by atoms with Crippen LogP contribution < -0.4 is 0 Å². The predicted molar refractivity (Wildman–Crippen MR) is 62.7 cm³/mol. The molecule has 0 aromatic rings. The lowest BCUT2D eigenvalue weighted by atomic mass is 10.0. The molecule has 17 heavy (non-hydrogen) atoms. The van der Waals surface area contributed by atoms with Crippen molar-refractivity contribution < 1.29 is 19.4 Å². The van der Waals surface area contributed by atoms with Gasteiger partial charge in [0.2, 0.25) is 5.91 Å². The Bertz CT molecular complexity index is 261. The van der Waals surface area contributed by atoms with Crippen molar-refractivity contribution in [2.45, 2.75) is 32.1 Å². The van der Waals surface area contributed by atoms with E-state index < -0.39 is 5.97 Å². The van der Waals surface area contributed by atoms with Gasteiger partial charge in [-0.3, -0.25) is 9.59 Å². The largest absolute Gasteiger partial charge is 0.480 e. The summed E-state index contributed by atoms with van der Waals surface area (Å²) in [4.78, 5) is 24.0. The van der Waals surface area contributed by atoms with Gasteiger partial charge in [-0.25, -0.2) is 0 Å². The number of rotatable bonds is 7. The molecule has 0 aliphatic heterocycles. The van der Waals surface area contributed by atoms with Crippen molar-refractivity contribution >= 4 is 11.9 Å². The van der Waals surface area contributed by atoms with Crippen LogP contribution in [0.4, 0.5) is 0 Å². The van der Waals surface area contributed by atoms with E-state index in [1.54, 1.807) is 7.11 Å². The van der Waals surface area contributed by atoms with E-state index in [1.807, 2.05) is 0 Å². The summed E-state index contributed by atoms with van der Waals surface area (Å²) >= 11 is 0. The van der Waals surface area contributed by atoms with Gasteiger partial charge in [-0.1, -0.05) is 12.8 Å². The first-order chi connectivity index (χ1) is 8.13. The molecule has 0 spiro atoms. The highest BCUT2D eigenvalue weighted by molar-refractivity contribution is 5.81. The number of carboxylic acid groups (broad SMARTS) is 1. The van der Waals surface area contributed by atoms with Crippen LogP contribution in [0.3, 0.4) is 0 Å². The van der Waals surface area contributed by atoms with Crippen molar-refractivity contribution in [3.63, 3.8) is 0 Å². The minimum absolute atomic E-state index is 0.0589. The van der Waals surface area contributed by atoms with Gasteiger partial charge in [-0.2, -0.15) is 0 Å². The fraction of sp³-hybridized carbons (Fsp3) is 0.833. The van der Waals surface area contributed by atoms with Gasteiger partial charge < -0.3 is 14.7 Å². The van der Waals surface area contributed by atoms with Crippen LogP contribution >= 0.6 is 0 Å². The molecule has 1 aliphatic carbocycles. The van der Waals surface area contributed by atoms with E-state index in [-0.39, 0.29) is 12.5 Å². The van der Waals surface area contributed by atoms with Crippen molar-refractivity contribution in [3.8, 4) is 0 Å². The van der Waals surface area contributed by atoms with Crippen LogP contribution in [0.5, 0.6) is 0 Å². The van der Waals surface area contributed by atoms with Crippen LogP contribution in [0, 0.1) is 5.92 Å². The van der Waals surface area contributed by atoms with Gasteiger partial charge in [0, 0.05) is 20.1 Å². The summed E-state index contributed by atoms with van der Waals surface area (Å²) in [5.74, 6) is -0.585. The van der Waals surface area contributed by atoms with Crippen LogP contribution in [0.25, 0.3) is 0 Å². The van der Waals surface area contributed by atoms with E-state index in [0.29, 0.717) is 25.5 Å². The summed E-state index contributed by atoms with van der Waals surface area (Å²) in [5, 5.41) is 8.76. The Hall–Kier alpha value is -1.10. The number of carbonyl (C=O) groups is 2. The van der Waals surface area contributed by atoms with Crippen molar-refractivity contribution in [2.75, 3.05) is 26.8 Å². The summed E-state index contributed by atoms with van der Waals surface area (Å²) < 4.78 is 4.89. The highest BCUT2D eigenvalue weighted by Crippen LogP contribution is 2.27. The van der Waals surface area contributed by atoms with E-state index in [0.717, 1.165) is 12.8 Å². The summed E-state index contributed by atoms with van der Waals surface area (Å²) in [7, 11) is 1.54. The number of carboxylic acids is 1. The number of hydrogen-bond donors (Lipinski definition) is 1. The van der Waals surface area contributed by atoms with Crippen LogP contribution in [-0.4, -0.2) is 48.7 Å². The van der Waals surface area contributed by atoms with Gasteiger partial charge in [0.15, 0.2) is 0 Å². The summed E-state index contributed by atoms with van der Waals surface area (Å²) in [6, 6.07) is 0. The number of methoxy groups -OCH3 is 1. The number of ether oxygens (including phenoxy) is 1. The second kappa shape index (κ2) is 7.27. The zero-order valence-electron chi connectivity index (χ0n) is 10.4. The molecule has 0 saturated heterocycles. The standard InChI is InChI=1S/C12H21NO4/c1-17-7-6-13(9-12(15)16)11(14)8-10-4-2-3-5-10/h10H,2-9H2,1H3,(H,15,16). The monoisotopic (exact) mass is 243 g/mol. The third-order valence-electron chi connectivity index (χ3n) is 3.18. The number of amides is 1. The molecule has 0 heterocycles.